The maximum absolute atomic E-state index is 11.5. The van der Waals surface area contributed by atoms with Gasteiger partial charge in [0.2, 0.25) is 5.95 Å². The predicted octanol–water partition coefficient (Wildman–Crippen LogP) is -0.297. The summed E-state index contributed by atoms with van der Waals surface area (Å²) in [5.74, 6) is 0.290. The van der Waals surface area contributed by atoms with Gasteiger partial charge in [-0.2, -0.15) is 0 Å². The minimum absolute atomic E-state index is 0.175. The third-order valence-electron chi connectivity index (χ3n) is 3.66. The highest BCUT2D eigenvalue weighted by Crippen LogP contribution is 2.06. The molecule has 1 aliphatic rings. The molecule has 2 rings (SSSR count). The van der Waals surface area contributed by atoms with Gasteiger partial charge in [-0.1, -0.05) is 0 Å². The Labute approximate surface area is 125 Å². The van der Waals surface area contributed by atoms with Crippen molar-refractivity contribution in [1.29, 1.82) is 0 Å². The minimum atomic E-state index is -0.277. The Morgan fingerprint density at radius 3 is 2.57 bits per heavy atom. The summed E-state index contributed by atoms with van der Waals surface area (Å²) in [6, 6.07) is 1.76. The highest BCUT2D eigenvalue weighted by atomic mass is 16.5. The van der Waals surface area contributed by atoms with Gasteiger partial charge in [-0.25, -0.2) is 9.97 Å². The normalized spacial score (nSPS) is 16.7. The van der Waals surface area contributed by atoms with Crippen molar-refractivity contribution >= 4 is 11.9 Å². The molecule has 21 heavy (non-hydrogen) atoms. The Kier molecular flexibility index (Phi) is 5.89. The number of methoxy groups -OCH3 is 1. The molecular weight excluding hydrogens is 270 g/mol. The van der Waals surface area contributed by atoms with Crippen molar-refractivity contribution in [3.63, 3.8) is 0 Å². The van der Waals surface area contributed by atoms with Gasteiger partial charge in [0.05, 0.1) is 7.11 Å². The van der Waals surface area contributed by atoms with Crippen LogP contribution in [0.1, 0.15) is 0 Å². The van der Waals surface area contributed by atoms with Crippen LogP contribution in [0, 0.1) is 0 Å². The van der Waals surface area contributed by atoms with Crippen LogP contribution in [-0.4, -0.2) is 85.7 Å². The second kappa shape index (κ2) is 7.90. The van der Waals surface area contributed by atoms with Gasteiger partial charge in [0.15, 0.2) is 0 Å². The fraction of sp³-hybridized carbons (Fsp3) is 0.643. The zero-order valence-corrected chi connectivity index (χ0v) is 12.7. The lowest BCUT2D eigenvalue weighted by Crippen LogP contribution is -2.47. The topological polar surface area (TPSA) is 61.8 Å². The first kappa shape index (κ1) is 15.7. The van der Waals surface area contributed by atoms with Crippen molar-refractivity contribution in [3.8, 4) is 0 Å². The number of hydrogen-bond acceptors (Lipinski definition) is 7. The van der Waals surface area contributed by atoms with Crippen molar-refractivity contribution < 1.29 is 9.53 Å². The van der Waals surface area contributed by atoms with E-state index >= 15 is 0 Å². The smallest absolute Gasteiger partial charge is 0.325 e. The number of carbonyl (C=O) groups excluding carboxylic acids is 1. The summed E-state index contributed by atoms with van der Waals surface area (Å²) in [4.78, 5) is 26.6. The van der Waals surface area contributed by atoms with Crippen molar-refractivity contribution in [3.05, 3.63) is 18.5 Å². The molecule has 1 aliphatic heterocycles. The lowest BCUT2D eigenvalue weighted by atomic mass is 10.3. The third kappa shape index (κ3) is 4.95. The molecule has 2 heterocycles. The SMILES string of the molecule is COC(=O)CN(CCN1CCN(C)CC1)c1ncccn1. The van der Waals surface area contributed by atoms with Crippen molar-refractivity contribution in [1.82, 2.24) is 19.8 Å². The first-order valence-corrected chi connectivity index (χ1v) is 7.18. The molecule has 0 aromatic carbocycles. The quantitative estimate of drug-likeness (QED) is 0.668. The number of hydrogen-bond donors (Lipinski definition) is 0. The molecule has 0 saturated carbocycles. The second-order valence-corrected chi connectivity index (χ2v) is 5.19. The fourth-order valence-electron chi connectivity index (χ4n) is 2.26. The van der Waals surface area contributed by atoms with Crippen molar-refractivity contribution in [2.45, 2.75) is 0 Å². The van der Waals surface area contributed by atoms with Gasteiger partial charge in [-0.15, -0.1) is 0 Å². The minimum Gasteiger partial charge on any atom is -0.468 e. The number of anilines is 1. The molecule has 116 valence electrons. The van der Waals surface area contributed by atoms with Gasteiger partial charge in [-0.3, -0.25) is 9.69 Å². The molecule has 7 nitrogen and oxygen atoms in total. The van der Waals surface area contributed by atoms with E-state index in [2.05, 4.69) is 26.8 Å². The Hall–Kier alpha value is -1.73. The number of aromatic nitrogens is 2. The Morgan fingerprint density at radius 1 is 1.29 bits per heavy atom. The molecule has 1 fully saturated rings. The summed E-state index contributed by atoms with van der Waals surface area (Å²) >= 11 is 0. The van der Waals surface area contributed by atoms with E-state index in [4.69, 9.17) is 4.74 Å². The maximum atomic E-state index is 11.5. The van der Waals surface area contributed by atoms with Crippen molar-refractivity contribution in [2.24, 2.45) is 0 Å². The van der Waals surface area contributed by atoms with Gasteiger partial charge in [-0.05, 0) is 13.1 Å². The molecule has 7 heteroatoms. The summed E-state index contributed by atoms with van der Waals surface area (Å²) in [6.07, 6.45) is 3.37. The molecule has 1 aromatic heterocycles. The van der Waals surface area contributed by atoms with Crippen LogP contribution < -0.4 is 4.90 Å². The highest BCUT2D eigenvalue weighted by molar-refractivity contribution is 5.74. The Balaban J connectivity index is 1.91. The summed E-state index contributed by atoms with van der Waals surface area (Å²) in [5, 5.41) is 0. The average Bonchev–Trinajstić information content (AvgIpc) is 2.53. The summed E-state index contributed by atoms with van der Waals surface area (Å²) in [7, 11) is 3.53. The first-order valence-electron chi connectivity index (χ1n) is 7.18. The lowest BCUT2D eigenvalue weighted by Gasteiger charge is -2.33. The Morgan fingerprint density at radius 2 is 1.95 bits per heavy atom. The van der Waals surface area contributed by atoms with Gasteiger partial charge in [0.1, 0.15) is 6.54 Å². The van der Waals surface area contributed by atoms with Gasteiger partial charge >= 0.3 is 5.97 Å². The van der Waals surface area contributed by atoms with Crippen LogP contribution in [0.2, 0.25) is 0 Å². The van der Waals surface area contributed by atoms with Gasteiger partial charge < -0.3 is 14.5 Å². The molecule has 0 unspecified atom stereocenters. The van der Waals surface area contributed by atoms with E-state index in [1.165, 1.54) is 7.11 Å². The third-order valence-corrected chi connectivity index (χ3v) is 3.66. The van der Waals surface area contributed by atoms with Crippen LogP contribution in [0.5, 0.6) is 0 Å². The lowest BCUT2D eigenvalue weighted by molar-refractivity contribution is -0.139. The van der Waals surface area contributed by atoms with Crippen LogP contribution in [0.15, 0.2) is 18.5 Å². The van der Waals surface area contributed by atoms with Crippen LogP contribution in [0.25, 0.3) is 0 Å². The molecule has 0 bridgehead atoms. The fourth-order valence-corrected chi connectivity index (χ4v) is 2.26. The van der Waals surface area contributed by atoms with Crippen LogP contribution in [0.4, 0.5) is 5.95 Å². The van der Waals surface area contributed by atoms with E-state index in [9.17, 15) is 4.79 Å². The van der Waals surface area contributed by atoms with Crippen LogP contribution in [0.3, 0.4) is 0 Å². The second-order valence-electron chi connectivity index (χ2n) is 5.19. The Bertz CT molecular complexity index is 434. The van der Waals surface area contributed by atoms with E-state index in [0.717, 1.165) is 32.7 Å². The largest absolute Gasteiger partial charge is 0.468 e. The first-order chi connectivity index (χ1) is 10.2. The molecule has 0 aliphatic carbocycles. The zero-order chi connectivity index (χ0) is 15.1. The molecule has 0 amide bonds. The number of ether oxygens (including phenoxy) is 1. The van der Waals surface area contributed by atoms with E-state index in [1.807, 2.05) is 4.90 Å². The van der Waals surface area contributed by atoms with E-state index in [1.54, 1.807) is 18.5 Å². The zero-order valence-electron chi connectivity index (χ0n) is 12.7. The summed E-state index contributed by atoms with van der Waals surface area (Å²) < 4.78 is 4.75. The molecule has 0 atom stereocenters. The number of likely N-dealkylation sites (N-methyl/N-ethyl adjacent to an activating group) is 1. The highest BCUT2D eigenvalue weighted by Gasteiger charge is 2.18. The van der Waals surface area contributed by atoms with Gasteiger partial charge in [0, 0.05) is 51.7 Å². The monoisotopic (exact) mass is 293 g/mol. The van der Waals surface area contributed by atoms with E-state index < -0.39 is 0 Å². The number of nitrogens with zero attached hydrogens (tertiary/aromatic N) is 5. The van der Waals surface area contributed by atoms with E-state index in [-0.39, 0.29) is 12.5 Å². The molecule has 1 aromatic rings. The predicted molar refractivity (Wildman–Crippen MR) is 80.2 cm³/mol. The molecule has 0 radical (unpaired) electrons. The molecule has 0 spiro atoms. The standard InChI is InChI=1S/C14H23N5O2/c1-17-6-8-18(9-7-17)10-11-19(12-13(20)21-2)14-15-4-3-5-16-14/h3-5H,6-12H2,1-2H3. The number of carbonyl (C=O) groups is 1. The summed E-state index contributed by atoms with van der Waals surface area (Å²) in [6.45, 7) is 6.05. The number of piperazine rings is 1. The van der Waals surface area contributed by atoms with Crippen LogP contribution in [-0.2, 0) is 9.53 Å². The molecule has 0 N–H and O–H groups in total. The van der Waals surface area contributed by atoms with Crippen molar-refractivity contribution in [2.75, 3.05) is 64.9 Å². The number of rotatable bonds is 6. The number of esters is 1. The maximum Gasteiger partial charge on any atom is 0.325 e. The molecule has 1 saturated heterocycles. The molecular formula is C14H23N5O2. The van der Waals surface area contributed by atoms with Crippen LogP contribution >= 0.6 is 0 Å². The van der Waals surface area contributed by atoms with E-state index in [0.29, 0.717) is 12.5 Å². The average molecular weight is 293 g/mol. The van der Waals surface area contributed by atoms with Gasteiger partial charge in [0.25, 0.3) is 0 Å². The summed E-state index contributed by atoms with van der Waals surface area (Å²) in [5.41, 5.74) is 0.